The highest BCUT2D eigenvalue weighted by Crippen LogP contribution is 2.45. The molecule has 3 nitrogen and oxygen atoms in total. The number of carbonyl (C=O) groups excluding carboxylic acids is 1. The maximum absolute atomic E-state index is 13.4. The van der Waals surface area contributed by atoms with Crippen LogP contribution in [0.5, 0.6) is 0 Å². The second kappa shape index (κ2) is 9.28. The summed E-state index contributed by atoms with van der Waals surface area (Å²) in [6.07, 6.45) is 7.27. The largest absolute Gasteiger partial charge is 0.448 e. The molecular weight excluding hydrogens is 442 g/mol. The van der Waals surface area contributed by atoms with Crippen LogP contribution in [0, 0.1) is 6.92 Å². The standard InChI is InChI=1S/C33H35NO2/c1-4-22-16-21(3)17-23(5-2)32(22)24-18-25-14-15-26(19-24)34(25)33(35)36-20-31-29-12-8-6-10-27(29)28-11-7-9-13-30(28)31/h6-13,16-18,25-26,31H,4-5,14-15,19-20H2,1-3H3. The fraction of sp³-hybridized carbons (Fsp3) is 0.364. The molecule has 3 aliphatic rings. The molecule has 184 valence electrons. The lowest BCUT2D eigenvalue weighted by molar-refractivity contribution is 0.0866. The summed E-state index contributed by atoms with van der Waals surface area (Å²) in [4.78, 5) is 15.5. The van der Waals surface area contributed by atoms with E-state index < -0.39 is 0 Å². The second-order valence-corrected chi connectivity index (χ2v) is 10.6. The van der Waals surface area contributed by atoms with Gasteiger partial charge in [0.25, 0.3) is 0 Å². The zero-order valence-electron chi connectivity index (χ0n) is 21.6. The van der Waals surface area contributed by atoms with E-state index in [2.05, 4.69) is 87.5 Å². The summed E-state index contributed by atoms with van der Waals surface area (Å²) in [6, 6.07) is 22.1. The molecule has 0 spiro atoms. The Hall–Kier alpha value is -3.33. The molecule has 3 heteroatoms. The maximum Gasteiger partial charge on any atom is 0.410 e. The van der Waals surface area contributed by atoms with Gasteiger partial charge in [-0.15, -0.1) is 0 Å². The van der Waals surface area contributed by atoms with Crippen molar-refractivity contribution >= 4 is 11.7 Å². The molecule has 1 aliphatic carbocycles. The van der Waals surface area contributed by atoms with Gasteiger partial charge in [-0.05, 0) is 83.5 Å². The molecule has 0 aromatic heterocycles. The van der Waals surface area contributed by atoms with E-state index in [9.17, 15) is 4.79 Å². The van der Waals surface area contributed by atoms with Gasteiger partial charge >= 0.3 is 6.09 Å². The van der Waals surface area contributed by atoms with E-state index in [0.717, 1.165) is 32.1 Å². The third-order valence-corrected chi connectivity index (χ3v) is 8.47. The molecule has 2 bridgehead atoms. The first-order valence-electron chi connectivity index (χ1n) is 13.6. The van der Waals surface area contributed by atoms with Crippen molar-refractivity contribution < 1.29 is 9.53 Å². The Labute approximate surface area is 214 Å². The molecule has 2 unspecified atom stereocenters. The number of nitrogens with zero attached hydrogens (tertiary/aromatic N) is 1. The lowest BCUT2D eigenvalue weighted by Gasteiger charge is -2.34. The number of hydrogen-bond acceptors (Lipinski definition) is 2. The van der Waals surface area contributed by atoms with Gasteiger partial charge in [-0.3, -0.25) is 4.90 Å². The number of fused-ring (bicyclic) bond motifs is 5. The van der Waals surface area contributed by atoms with E-state index in [4.69, 9.17) is 4.74 Å². The van der Waals surface area contributed by atoms with Crippen LogP contribution >= 0.6 is 0 Å². The van der Waals surface area contributed by atoms with Gasteiger partial charge < -0.3 is 4.74 Å². The first-order valence-corrected chi connectivity index (χ1v) is 13.6. The van der Waals surface area contributed by atoms with Crippen molar-refractivity contribution in [3.63, 3.8) is 0 Å². The minimum absolute atomic E-state index is 0.0988. The molecule has 1 amide bonds. The van der Waals surface area contributed by atoms with Crippen LogP contribution in [0.4, 0.5) is 4.79 Å². The van der Waals surface area contributed by atoms with Crippen LogP contribution in [0.15, 0.2) is 66.7 Å². The lowest BCUT2D eigenvalue weighted by atomic mass is 9.85. The molecular formula is C33H35NO2. The number of benzene rings is 3. The Kier molecular flexibility index (Phi) is 5.95. The highest BCUT2D eigenvalue weighted by atomic mass is 16.6. The summed E-state index contributed by atoms with van der Waals surface area (Å²) in [7, 11) is 0. The Balaban J connectivity index is 1.23. The molecule has 1 saturated heterocycles. The summed E-state index contributed by atoms with van der Waals surface area (Å²) in [5.74, 6) is 0.0988. The monoisotopic (exact) mass is 477 g/mol. The molecule has 1 fully saturated rings. The van der Waals surface area contributed by atoms with E-state index in [-0.39, 0.29) is 24.1 Å². The molecule has 36 heavy (non-hydrogen) atoms. The fourth-order valence-corrected chi connectivity index (χ4v) is 6.88. The minimum atomic E-state index is -0.157. The first kappa shape index (κ1) is 23.1. The number of hydrogen-bond donors (Lipinski definition) is 0. The minimum Gasteiger partial charge on any atom is -0.448 e. The van der Waals surface area contributed by atoms with Crippen molar-refractivity contribution in [2.24, 2.45) is 0 Å². The van der Waals surface area contributed by atoms with Crippen LogP contribution in [-0.2, 0) is 17.6 Å². The Morgan fingerprint density at radius 2 is 1.53 bits per heavy atom. The van der Waals surface area contributed by atoms with Gasteiger partial charge in [-0.2, -0.15) is 0 Å². The molecule has 2 atom stereocenters. The fourth-order valence-electron chi connectivity index (χ4n) is 6.88. The van der Waals surface area contributed by atoms with Crippen LogP contribution < -0.4 is 0 Å². The van der Waals surface area contributed by atoms with Crippen LogP contribution in [0.3, 0.4) is 0 Å². The molecule has 2 heterocycles. The second-order valence-electron chi connectivity index (χ2n) is 10.6. The number of aryl methyl sites for hydroxylation is 3. The summed E-state index contributed by atoms with van der Waals surface area (Å²) >= 11 is 0. The number of amides is 1. The maximum atomic E-state index is 13.4. The molecule has 3 aromatic carbocycles. The van der Waals surface area contributed by atoms with E-state index in [1.54, 1.807) is 0 Å². The summed E-state index contributed by atoms with van der Waals surface area (Å²) in [5.41, 5.74) is 12.1. The van der Waals surface area contributed by atoms with Crippen molar-refractivity contribution in [2.75, 3.05) is 6.61 Å². The summed E-state index contributed by atoms with van der Waals surface area (Å²) < 4.78 is 6.06. The Morgan fingerprint density at radius 3 is 2.11 bits per heavy atom. The van der Waals surface area contributed by atoms with Crippen molar-refractivity contribution in [1.29, 1.82) is 0 Å². The summed E-state index contributed by atoms with van der Waals surface area (Å²) in [6.45, 7) is 7.08. The zero-order valence-corrected chi connectivity index (χ0v) is 21.6. The lowest BCUT2D eigenvalue weighted by Crippen LogP contribution is -2.43. The van der Waals surface area contributed by atoms with Gasteiger partial charge in [0.1, 0.15) is 6.61 Å². The molecule has 6 rings (SSSR count). The first-order chi connectivity index (χ1) is 17.6. The van der Waals surface area contributed by atoms with Crippen molar-refractivity contribution in [3.8, 4) is 11.1 Å². The highest BCUT2D eigenvalue weighted by Gasteiger charge is 2.41. The molecule has 0 N–H and O–H groups in total. The van der Waals surface area contributed by atoms with Gasteiger partial charge in [0.2, 0.25) is 0 Å². The van der Waals surface area contributed by atoms with E-state index in [0.29, 0.717) is 6.61 Å². The van der Waals surface area contributed by atoms with Gasteiger partial charge in [0.05, 0.1) is 6.04 Å². The molecule has 0 radical (unpaired) electrons. The molecule has 3 aromatic rings. The predicted octanol–water partition coefficient (Wildman–Crippen LogP) is 7.69. The average molecular weight is 478 g/mol. The third kappa shape index (κ3) is 3.77. The SMILES string of the molecule is CCc1cc(C)cc(CC)c1C1=CC2CCC(C1)N2C(=O)OCC1c2ccccc2-c2ccccc21. The number of carbonyl (C=O) groups is 1. The van der Waals surface area contributed by atoms with Gasteiger partial charge in [0.15, 0.2) is 0 Å². The number of ether oxygens (including phenoxy) is 1. The van der Waals surface area contributed by atoms with E-state index >= 15 is 0 Å². The summed E-state index contributed by atoms with van der Waals surface area (Å²) in [5, 5.41) is 0. The topological polar surface area (TPSA) is 29.5 Å². The van der Waals surface area contributed by atoms with Gasteiger partial charge in [-0.1, -0.05) is 86.2 Å². The van der Waals surface area contributed by atoms with Gasteiger partial charge in [0, 0.05) is 12.0 Å². The zero-order chi connectivity index (χ0) is 24.8. The normalized spacial score (nSPS) is 20.2. The van der Waals surface area contributed by atoms with Crippen LogP contribution in [0.1, 0.15) is 72.4 Å². The van der Waals surface area contributed by atoms with Crippen molar-refractivity contribution in [2.45, 2.75) is 70.9 Å². The van der Waals surface area contributed by atoms with Crippen LogP contribution in [-0.4, -0.2) is 29.7 Å². The van der Waals surface area contributed by atoms with Crippen LogP contribution in [0.2, 0.25) is 0 Å². The predicted molar refractivity (Wildman–Crippen MR) is 146 cm³/mol. The molecule has 2 aliphatic heterocycles. The van der Waals surface area contributed by atoms with Crippen LogP contribution in [0.25, 0.3) is 16.7 Å². The van der Waals surface area contributed by atoms with E-state index in [1.807, 2.05) is 4.90 Å². The smallest absolute Gasteiger partial charge is 0.410 e. The average Bonchev–Trinajstić information content (AvgIpc) is 3.37. The molecule has 0 saturated carbocycles. The van der Waals surface area contributed by atoms with Crippen molar-refractivity contribution in [3.05, 3.63) is 100 Å². The third-order valence-electron chi connectivity index (χ3n) is 8.47. The Morgan fingerprint density at radius 1 is 0.917 bits per heavy atom. The number of rotatable bonds is 5. The quantitative estimate of drug-likeness (QED) is 0.377. The Bertz CT molecular complexity index is 1280. The van der Waals surface area contributed by atoms with E-state index in [1.165, 1.54) is 50.1 Å². The van der Waals surface area contributed by atoms with Gasteiger partial charge in [-0.25, -0.2) is 4.79 Å². The highest BCUT2D eigenvalue weighted by molar-refractivity contribution is 5.80. The van der Waals surface area contributed by atoms with Crippen molar-refractivity contribution in [1.82, 2.24) is 4.90 Å².